The molecule has 1 unspecified atom stereocenters. The molecule has 98 valence electrons. The zero-order valence-corrected chi connectivity index (χ0v) is 12.6. The maximum atomic E-state index is 6.13. The third kappa shape index (κ3) is 2.35. The molecule has 3 heteroatoms. The van der Waals surface area contributed by atoms with Crippen LogP contribution in [-0.4, -0.2) is 6.54 Å². The molecule has 19 heavy (non-hydrogen) atoms. The fourth-order valence-electron chi connectivity index (χ4n) is 2.31. The first-order chi connectivity index (χ1) is 9.15. The van der Waals surface area contributed by atoms with Crippen molar-refractivity contribution >= 4 is 21.6 Å². The highest BCUT2D eigenvalue weighted by Gasteiger charge is 2.22. The van der Waals surface area contributed by atoms with Crippen LogP contribution in [-0.2, 0) is 0 Å². The van der Waals surface area contributed by atoms with Gasteiger partial charge in [0.2, 0.25) is 0 Å². The average Bonchev–Trinajstić information content (AvgIpc) is 2.42. The molecule has 0 aromatic heterocycles. The van der Waals surface area contributed by atoms with Gasteiger partial charge < -0.3 is 10.1 Å². The maximum absolute atomic E-state index is 6.13. The van der Waals surface area contributed by atoms with Gasteiger partial charge in [-0.1, -0.05) is 24.3 Å². The van der Waals surface area contributed by atoms with Crippen molar-refractivity contribution in [2.45, 2.75) is 20.0 Å². The van der Waals surface area contributed by atoms with Gasteiger partial charge in [0.15, 0.2) is 5.75 Å². The molecule has 3 rings (SSSR count). The van der Waals surface area contributed by atoms with Crippen molar-refractivity contribution in [1.82, 2.24) is 0 Å². The van der Waals surface area contributed by atoms with E-state index < -0.39 is 0 Å². The molecule has 2 aromatic carbocycles. The van der Waals surface area contributed by atoms with Crippen LogP contribution < -0.4 is 10.1 Å². The third-order valence-corrected chi connectivity index (χ3v) is 4.23. The molecule has 1 heterocycles. The standard InChI is InChI=1S/C16H16BrNO/c1-10-6-7-12(8-11(10)2)15-9-18-14-5-3-4-13(17)16(14)19-15/h3-8,15,18H,9H2,1-2H3. The Kier molecular flexibility index (Phi) is 3.23. The van der Waals surface area contributed by atoms with E-state index >= 15 is 0 Å². The van der Waals surface area contributed by atoms with E-state index in [9.17, 15) is 0 Å². The Balaban J connectivity index is 1.93. The summed E-state index contributed by atoms with van der Waals surface area (Å²) >= 11 is 3.54. The summed E-state index contributed by atoms with van der Waals surface area (Å²) in [5.74, 6) is 0.900. The predicted molar refractivity (Wildman–Crippen MR) is 81.9 cm³/mol. The van der Waals surface area contributed by atoms with E-state index in [-0.39, 0.29) is 6.10 Å². The van der Waals surface area contributed by atoms with Crippen LogP contribution in [0.3, 0.4) is 0 Å². The minimum absolute atomic E-state index is 0.0606. The number of nitrogens with one attached hydrogen (secondary N) is 1. The number of para-hydroxylation sites is 1. The first-order valence-electron chi connectivity index (χ1n) is 6.41. The Morgan fingerprint density at radius 1 is 1.16 bits per heavy atom. The van der Waals surface area contributed by atoms with Gasteiger partial charge in [-0.3, -0.25) is 0 Å². The summed E-state index contributed by atoms with van der Waals surface area (Å²) in [6, 6.07) is 12.6. The van der Waals surface area contributed by atoms with Crippen molar-refractivity contribution in [3.05, 3.63) is 57.6 Å². The minimum atomic E-state index is 0.0606. The Morgan fingerprint density at radius 2 is 2.00 bits per heavy atom. The highest BCUT2D eigenvalue weighted by atomic mass is 79.9. The Labute approximate surface area is 121 Å². The molecule has 0 spiro atoms. The van der Waals surface area contributed by atoms with Crippen LogP contribution in [0.4, 0.5) is 5.69 Å². The molecule has 0 amide bonds. The van der Waals surface area contributed by atoms with Crippen molar-refractivity contribution in [3.63, 3.8) is 0 Å². The predicted octanol–water partition coefficient (Wildman–Crippen LogP) is 4.61. The van der Waals surface area contributed by atoms with Gasteiger partial charge in [0.05, 0.1) is 16.7 Å². The van der Waals surface area contributed by atoms with E-state index in [1.54, 1.807) is 0 Å². The molecule has 2 aromatic rings. The van der Waals surface area contributed by atoms with E-state index in [4.69, 9.17) is 4.74 Å². The first kappa shape index (κ1) is 12.5. The lowest BCUT2D eigenvalue weighted by molar-refractivity contribution is 0.209. The van der Waals surface area contributed by atoms with Gasteiger partial charge in [0.25, 0.3) is 0 Å². The molecule has 0 aliphatic carbocycles. The normalized spacial score (nSPS) is 17.3. The average molecular weight is 318 g/mol. The molecule has 1 aliphatic rings. The summed E-state index contributed by atoms with van der Waals surface area (Å²) in [5, 5.41) is 3.43. The number of aryl methyl sites for hydroxylation is 2. The topological polar surface area (TPSA) is 21.3 Å². The van der Waals surface area contributed by atoms with Crippen LogP contribution in [0.2, 0.25) is 0 Å². The Bertz CT molecular complexity index is 624. The number of benzene rings is 2. The number of halogens is 1. The van der Waals surface area contributed by atoms with E-state index in [0.717, 1.165) is 22.5 Å². The van der Waals surface area contributed by atoms with Crippen molar-refractivity contribution in [2.24, 2.45) is 0 Å². The number of hydrogen-bond acceptors (Lipinski definition) is 2. The molecular weight excluding hydrogens is 302 g/mol. The summed E-state index contributed by atoms with van der Waals surface area (Å²) in [6.45, 7) is 5.07. The molecule has 1 atom stereocenters. The maximum Gasteiger partial charge on any atom is 0.157 e. The summed E-state index contributed by atoms with van der Waals surface area (Å²) in [6.07, 6.45) is 0.0606. The fourth-order valence-corrected chi connectivity index (χ4v) is 2.76. The first-order valence-corrected chi connectivity index (χ1v) is 7.20. The SMILES string of the molecule is Cc1ccc(C2CNc3cccc(Br)c3O2)cc1C. The molecule has 0 saturated carbocycles. The zero-order valence-electron chi connectivity index (χ0n) is 11.0. The van der Waals surface area contributed by atoms with Gasteiger partial charge in [-0.15, -0.1) is 0 Å². The van der Waals surface area contributed by atoms with Crippen LogP contribution >= 0.6 is 15.9 Å². The molecule has 0 fully saturated rings. The number of rotatable bonds is 1. The Hall–Kier alpha value is -1.48. The van der Waals surface area contributed by atoms with Gasteiger partial charge >= 0.3 is 0 Å². The molecule has 0 radical (unpaired) electrons. The molecule has 1 aliphatic heterocycles. The van der Waals surface area contributed by atoms with E-state index in [1.807, 2.05) is 18.2 Å². The second-order valence-corrected chi connectivity index (χ2v) is 5.80. The Morgan fingerprint density at radius 3 is 2.79 bits per heavy atom. The van der Waals surface area contributed by atoms with Gasteiger partial charge in [0.1, 0.15) is 6.10 Å². The highest BCUT2D eigenvalue weighted by Crippen LogP contribution is 2.39. The molecule has 0 saturated heterocycles. The van der Waals surface area contributed by atoms with Gasteiger partial charge in [-0.25, -0.2) is 0 Å². The van der Waals surface area contributed by atoms with E-state index in [2.05, 4.69) is 53.3 Å². The van der Waals surface area contributed by atoms with Gasteiger partial charge in [-0.05, 0) is 58.6 Å². The second kappa shape index (κ2) is 4.89. The lowest BCUT2D eigenvalue weighted by atomic mass is 10.0. The highest BCUT2D eigenvalue weighted by molar-refractivity contribution is 9.10. The van der Waals surface area contributed by atoms with Gasteiger partial charge in [0, 0.05) is 0 Å². The number of hydrogen-bond donors (Lipinski definition) is 1. The van der Waals surface area contributed by atoms with E-state index in [0.29, 0.717) is 0 Å². The second-order valence-electron chi connectivity index (χ2n) is 4.95. The summed E-state index contributed by atoms with van der Waals surface area (Å²) in [5.41, 5.74) is 4.89. The summed E-state index contributed by atoms with van der Waals surface area (Å²) in [7, 11) is 0. The number of anilines is 1. The monoisotopic (exact) mass is 317 g/mol. The number of fused-ring (bicyclic) bond motifs is 1. The quantitative estimate of drug-likeness (QED) is 0.829. The van der Waals surface area contributed by atoms with Crippen molar-refractivity contribution in [2.75, 3.05) is 11.9 Å². The van der Waals surface area contributed by atoms with Crippen molar-refractivity contribution < 1.29 is 4.74 Å². The number of ether oxygens (including phenoxy) is 1. The smallest absolute Gasteiger partial charge is 0.157 e. The van der Waals surface area contributed by atoms with Crippen LogP contribution in [0, 0.1) is 13.8 Å². The van der Waals surface area contributed by atoms with Crippen molar-refractivity contribution in [1.29, 1.82) is 0 Å². The molecular formula is C16H16BrNO. The molecule has 1 N–H and O–H groups in total. The van der Waals surface area contributed by atoms with Crippen LogP contribution in [0.1, 0.15) is 22.8 Å². The molecule has 2 nitrogen and oxygen atoms in total. The molecule has 0 bridgehead atoms. The third-order valence-electron chi connectivity index (χ3n) is 3.61. The van der Waals surface area contributed by atoms with Crippen molar-refractivity contribution in [3.8, 4) is 5.75 Å². The largest absolute Gasteiger partial charge is 0.481 e. The van der Waals surface area contributed by atoms with Crippen LogP contribution in [0.25, 0.3) is 0 Å². The van der Waals surface area contributed by atoms with Crippen LogP contribution in [0.15, 0.2) is 40.9 Å². The summed E-state index contributed by atoms with van der Waals surface area (Å²) in [4.78, 5) is 0. The minimum Gasteiger partial charge on any atom is -0.481 e. The zero-order chi connectivity index (χ0) is 13.4. The summed E-state index contributed by atoms with van der Waals surface area (Å²) < 4.78 is 7.13. The lowest BCUT2D eigenvalue weighted by Crippen LogP contribution is -2.23. The van der Waals surface area contributed by atoms with Gasteiger partial charge in [-0.2, -0.15) is 0 Å². The fraction of sp³-hybridized carbons (Fsp3) is 0.250. The lowest BCUT2D eigenvalue weighted by Gasteiger charge is -2.28. The van der Waals surface area contributed by atoms with E-state index in [1.165, 1.54) is 16.7 Å². The van der Waals surface area contributed by atoms with Crippen LogP contribution in [0.5, 0.6) is 5.75 Å².